The van der Waals surface area contributed by atoms with Gasteiger partial charge in [-0.2, -0.15) is 5.10 Å². The Morgan fingerprint density at radius 3 is 2.47 bits per heavy atom. The molecule has 10 nitrogen and oxygen atoms in total. The van der Waals surface area contributed by atoms with Crippen LogP contribution < -0.4 is 74.1 Å². The molecule has 3 aromatic heterocycles. The van der Waals surface area contributed by atoms with Gasteiger partial charge in [0, 0.05) is 24.2 Å². The number of benzene rings is 1. The first-order valence-electron chi connectivity index (χ1n) is 9.89. The van der Waals surface area contributed by atoms with Crippen LogP contribution in [-0.4, -0.2) is 56.7 Å². The summed E-state index contributed by atoms with van der Waals surface area (Å²) in [5.41, 5.74) is 8.75. The van der Waals surface area contributed by atoms with Gasteiger partial charge in [-0.15, -0.1) is 13.1 Å². The number of carbonyl (C=O) groups excluding carboxylic acids is 1. The van der Waals surface area contributed by atoms with Crippen LogP contribution in [0.25, 0.3) is 22.2 Å². The minimum Gasteiger partial charge on any atom is -0.659 e. The second-order valence-corrected chi connectivity index (χ2v) is 7.12. The molecule has 0 bridgehead atoms. The summed E-state index contributed by atoms with van der Waals surface area (Å²) in [5.74, 6) is 1.04. The van der Waals surface area contributed by atoms with Crippen LogP contribution >= 0.6 is 0 Å². The number of amides is 1. The molecule has 0 aliphatic carbocycles. The number of carbonyl (C=O) groups is 1. The van der Waals surface area contributed by atoms with Crippen LogP contribution in [-0.2, 0) is 0 Å². The Hall–Kier alpha value is -2.24. The van der Waals surface area contributed by atoms with E-state index in [9.17, 15) is 4.79 Å². The predicted molar refractivity (Wildman–Crippen MR) is 118 cm³/mol. The average Bonchev–Trinajstić information content (AvgIpc) is 3.31. The molecule has 1 amide bonds. The van der Waals surface area contributed by atoms with Crippen LogP contribution in [0.1, 0.15) is 10.4 Å². The maximum absolute atomic E-state index is 11.3. The molecular formula is C21H20N9ORb. The zero-order valence-corrected chi connectivity index (χ0v) is 22.6. The monoisotopic (exact) mass is 499 g/mol. The van der Waals surface area contributed by atoms with E-state index in [4.69, 9.17) is 5.73 Å². The Balaban J connectivity index is 0.00000245. The van der Waals surface area contributed by atoms with Crippen molar-refractivity contribution in [3.05, 3.63) is 66.0 Å². The predicted octanol–water partition coefficient (Wildman–Crippen LogP) is -0.773. The number of pyridine rings is 1. The van der Waals surface area contributed by atoms with Gasteiger partial charge in [-0.25, -0.2) is 19.5 Å². The molecule has 32 heavy (non-hydrogen) atoms. The molecule has 3 N–H and O–H groups in total. The average molecular weight is 500 g/mol. The number of nitrogens with one attached hydrogen (secondary N) is 1. The Bertz CT molecular complexity index is 1220. The van der Waals surface area contributed by atoms with Crippen LogP contribution in [0.15, 0.2) is 55.1 Å². The topological polar surface area (TPSA) is 128 Å². The quantitative estimate of drug-likeness (QED) is 0.369. The number of nitrogens with zero attached hydrogens (tertiary/aromatic N) is 7. The smallest absolute Gasteiger partial charge is 0.659 e. The van der Waals surface area contributed by atoms with Gasteiger partial charge in [0.15, 0.2) is 11.5 Å². The van der Waals surface area contributed by atoms with Crippen molar-refractivity contribution >= 4 is 28.9 Å². The maximum Gasteiger partial charge on any atom is 1.00 e. The number of primary amides is 1. The molecule has 1 aliphatic rings. The normalized spacial score (nSPS) is 13.6. The molecule has 0 radical (unpaired) electrons. The Morgan fingerprint density at radius 1 is 1.00 bits per heavy atom. The number of hydrogen-bond acceptors (Lipinski definition) is 7. The molecule has 5 rings (SSSR count). The third-order valence-electron chi connectivity index (χ3n) is 5.16. The van der Waals surface area contributed by atoms with Gasteiger partial charge in [-0.3, -0.25) is 4.79 Å². The summed E-state index contributed by atoms with van der Waals surface area (Å²) in [6.45, 7) is 3.47. The summed E-state index contributed by atoms with van der Waals surface area (Å²) >= 11 is 0. The summed E-state index contributed by atoms with van der Waals surface area (Å²) in [6, 6.07) is 10.9. The van der Waals surface area contributed by atoms with E-state index in [1.807, 2.05) is 24.3 Å². The van der Waals surface area contributed by atoms with Crippen molar-refractivity contribution in [1.82, 2.24) is 24.6 Å². The molecule has 0 saturated carbocycles. The van der Waals surface area contributed by atoms with Crippen molar-refractivity contribution in [1.29, 1.82) is 0 Å². The van der Waals surface area contributed by atoms with E-state index in [2.05, 4.69) is 35.6 Å². The van der Waals surface area contributed by atoms with Crippen molar-refractivity contribution in [2.45, 2.75) is 0 Å². The second kappa shape index (κ2) is 10.1. The van der Waals surface area contributed by atoms with E-state index in [1.165, 1.54) is 6.33 Å². The van der Waals surface area contributed by atoms with Gasteiger partial charge in [-0.05, 0) is 24.3 Å². The number of rotatable bonds is 5. The molecule has 1 fully saturated rings. The van der Waals surface area contributed by atoms with Crippen molar-refractivity contribution in [2.75, 3.05) is 36.4 Å². The number of piperazine rings is 1. The fraction of sp³-hybridized carbons (Fsp3) is 0.190. The number of nitrogens with two attached hydrogens (primary N) is 1. The number of fused-ring (bicyclic) bond motifs is 1. The second-order valence-electron chi connectivity index (χ2n) is 7.12. The van der Waals surface area contributed by atoms with E-state index >= 15 is 0 Å². The Labute approximate surface area is 233 Å². The van der Waals surface area contributed by atoms with Crippen LogP contribution in [0.5, 0.6) is 0 Å². The molecule has 1 aliphatic heterocycles. The van der Waals surface area contributed by atoms with Gasteiger partial charge < -0.3 is 21.3 Å². The van der Waals surface area contributed by atoms with Gasteiger partial charge in [0.05, 0.1) is 23.8 Å². The first-order valence-corrected chi connectivity index (χ1v) is 9.89. The maximum atomic E-state index is 11.3. The van der Waals surface area contributed by atoms with Gasteiger partial charge >= 0.3 is 58.2 Å². The molecule has 0 atom stereocenters. The van der Waals surface area contributed by atoms with E-state index in [0.29, 0.717) is 17.0 Å². The van der Waals surface area contributed by atoms with Crippen LogP contribution in [0.2, 0.25) is 0 Å². The molecule has 11 heteroatoms. The van der Waals surface area contributed by atoms with Crippen LogP contribution in [0.4, 0.5) is 17.3 Å². The summed E-state index contributed by atoms with van der Waals surface area (Å²) < 4.78 is 1.70. The minimum absolute atomic E-state index is 0. The first-order chi connectivity index (χ1) is 15.2. The van der Waals surface area contributed by atoms with Crippen LogP contribution in [0, 0.1) is 0 Å². The van der Waals surface area contributed by atoms with E-state index in [-0.39, 0.29) is 58.2 Å². The fourth-order valence-corrected chi connectivity index (χ4v) is 3.53. The molecule has 4 aromatic rings. The Morgan fingerprint density at radius 2 is 1.78 bits per heavy atom. The standard InChI is InChI=1S/C21H20N9O.Rb/c22-19(31)15-3-1-14(2-4-15)17-12-25-20(21-26-13-27-30(17)21)28-16-5-6-18(24-11-16)29-9-7-23-8-10-29;/h1-6,11-13H,7-10H2,(H2,22,31)(H,25,28);/q-1;+1. The van der Waals surface area contributed by atoms with Crippen molar-refractivity contribution in [2.24, 2.45) is 5.73 Å². The van der Waals surface area contributed by atoms with Crippen molar-refractivity contribution < 1.29 is 63.0 Å². The van der Waals surface area contributed by atoms with E-state index in [1.54, 1.807) is 29.0 Å². The molecule has 1 saturated heterocycles. The molecule has 1 aromatic carbocycles. The van der Waals surface area contributed by atoms with Gasteiger partial charge in [-0.1, -0.05) is 12.1 Å². The van der Waals surface area contributed by atoms with Crippen LogP contribution in [0.3, 0.4) is 0 Å². The first kappa shape index (κ1) is 22.9. The number of anilines is 3. The van der Waals surface area contributed by atoms with Gasteiger partial charge in [0.1, 0.15) is 12.1 Å². The molecule has 0 unspecified atom stereocenters. The number of hydrogen-bond donors (Lipinski definition) is 2. The largest absolute Gasteiger partial charge is 1.00 e. The van der Waals surface area contributed by atoms with Crippen molar-refractivity contribution in [3.63, 3.8) is 0 Å². The van der Waals surface area contributed by atoms with Crippen molar-refractivity contribution in [3.8, 4) is 11.3 Å². The zero-order valence-electron chi connectivity index (χ0n) is 17.6. The van der Waals surface area contributed by atoms with E-state index in [0.717, 1.165) is 48.9 Å². The third kappa shape index (κ3) is 4.74. The molecule has 0 spiro atoms. The van der Waals surface area contributed by atoms with Gasteiger partial charge in [0.2, 0.25) is 5.91 Å². The summed E-state index contributed by atoms with van der Waals surface area (Å²) in [6.07, 6.45) is 4.97. The summed E-state index contributed by atoms with van der Waals surface area (Å²) in [5, 5.41) is 12.0. The molecule has 4 heterocycles. The minimum atomic E-state index is -0.468. The molecular weight excluding hydrogens is 480 g/mol. The zero-order chi connectivity index (χ0) is 21.2. The van der Waals surface area contributed by atoms with E-state index < -0.39 is 5.91 Å². The Kier molecular flexibility index (Phi) is 7.26. The summed E-state index contributed by atoms with van der Waals surface area (Å²) in [7, 11) is 0. The number of aromatic nitrogens is 5. The molecule has 156 valence electrons. The third-order valence-corrected chi connectivity index (χ3v) is 5.16. The summed E-state index contributed by atoms with van der Waals surface area (Å²) in [4.78, 5) is 27.0. The fourth-order valence-electron chi connectivity index (χ4n) is 3.53. The van der Waals surface area contributed by atoms with Gasteiger partial charge in [0.25, 0.3) is 0 Å². The SMILES string of the molecule is NC(=O)c1ccc(-c2cnc(Nc3ccc(N4CC[N-]CC4)nc3)c3ncnn23)cc1.[Rb+].